The van der Waals surface area contributed by atoms with Gasteiger partial charge in [-0.05, 0) is 37.4 Å². The van der Waals surface area contributed by atoms with Crippen LogP contribution in [0.2, 0.25) is 0 Å². The molecular weight excluding hydrogens is 375 g/mol. The highest BCUT2D eigenvalue weighted by Gasteiger charge is 2.29. The van der Waals surface area contributed by atoms with E-state index in [1.165, 1.54) is 11.8 Å². The number of carboxylic acid groups (broad SMARTS) is 1. The number of thioether (sulfide) groups is 1. The lowest BCUT2D eigenvalue weighted by molar-refractivity contribution is -0.153. The number of furan rings is 1. The molecule has 0 aliphatic rings. The quantitative estimate of drug-likeness (QED) is 0.720. The largest absolute Gasteiger partial charge is 0.482 e. The van der Waals surface area contributed by atoms with Gasteiger partial charge in [0.2, 0.25) is 0 Å². The van der Waals surface area contributed by atoms with E-state index in [9.17, 15) is 22.8 Å². The molecule has 140 valence electrons. The van der Waals surface area contributed by atoms with Crippen molar-refractivity contribution in [2.45, 2.75) is 18.2 Å². The van der Waals surface area contributed by atoms with E-state index in [1.807, 2.05) is 0 Å². The van der Waals surface area contributed by atoms with Crippen molar-refractivity contribution in [2.75, 3.05) is 18.2 Å². The maximum absolute atomic E-state index is 12.4. The molecule has 2 N–H and O–H groups in total. The molecule has 0 fully saturated rings. The fourth-order valence-corrected chi connectivity index (χ4v) is 2.46. The van der Waals surface area contributed by atoms with Gasteiger partial charge in [0.1, 0.15) is 5.75 Å². The van der Waals surface area contributed by atoms with Crippen molar-refractivity contribution in [1.29, 1.82) is 0 Å². The van der Waals surface area contributed by atoms with Crippen LogP contribution in [0.25, 0.3) is 0 Å². The van der Waals surface area contributed by atoms with Gasteiger partial charge in [0.15, 0.2) is 17.5 Å². The minimum Gasteiger partial charge on any atom is -0.482 e. The summed E-state index contributed by atoms with van der Waals surface area (Å²) in [6.45, 7) is 0.0159. The third-order valence-electron chi connectivity index (χ3n) is 3.17. The molecule has 26 heavy (non-hydrogen) atoms. The number of nitrogens with one attached hydrogen (secondary N) is 1. The number of halogens is 3. The first-order valence-corrected chi connectivity index (χ1v) is 8.36. The molecule has 0 saturated heterocycles. The number of aromatic carboxylic acids is 1. The molecule has 1 amide bonds. The fraction of sp³-hybridized carbons (Fsp3) is 0.250. The minimum atomic E-state index is -4.62. The normalized spacial score (nSPS) is 11.3. The number of rotatable bonds is 6. The Morgan fingerprint density at radius 2 is 2.00 bits per heavy atom. The molecule has 0 saturated carbocycles. The molecule has 6 nitrogen and oxygen atoms in total. The lowest BCUT2D eigenvalue weighted by atomic mass is 10.2. The number of aryl methyl sites for hydroxylation is 1. The van der Waals surface area contributed by atoms with Crippen LogP contribution in [-0.2, 0) is 0 Å². The van der Waals surface area contributed by atoms with Gasteiger partial charge in [0.25, 0.3) is 5.91 Å². The molecule has 0 aliphatic heterocycles. The fourth-order valence-electron chi connectivity index (χ4n) is 2.00. The second kappa shape index (κ2) is 7.73. The molecule has 0 spiro atoms. The summed E-state index contributed by atoms with van der Waals surface area (Å²) in [5.74, 6) is -2.45. The highest BCUT2D eigenvalue weighted by Crippen LogP contribution is 2.30. The number of anilines is 1. The highest BCUT2D eigenvalue weighted by molar-refractivity contribution is 7.98. The summed E-state index contributed by atoms with van der Waals surface area (Å²) in [5, 5.41) is 11.9. The van der Waals surface area contributed by atoms with Gasteiger partial charge in [-0.3, -0.25) is 4.79 Å². The van der Waals surface area contributed by atoms with Crippen LogP contribution in [-0.4, -0.2) is 36.0 Å². The number of carboxylic acids is 1. The van der Waals surface area contributed by atoms with Crippen LogP contribution in [0.4, 0.5) is 18.9 Å². The Labute approximate surface area is 150 Å². The van der Waals surface area contributed by atoms with Gasteiger partial charge in [-0.2, -0.15) is 13.2 Å². The average Bonchev–Trinajstić information content (AvgIpc) is 2.94. The van der Waals surface area contributed by atoms with Gasteiger partial charge < -0.3 is 19.6 Å². The molecule has 0 bridgehead atoms. The van der Waals surface area contributed by atoms with E-state index in [1.54, 1.807) is 19.2 Å². The molecular formula is C16H14F3NO5S. The van der Waals surface area contributed by atoms with Crippen LogP contribution in [0.15, 0.2) is 33.8 Å². The van der Waals surface area contributed by atoms with Crippen LogP contribution >= 0.6 is 11.8 Å². The van der Waals surface area contributed by atoms with Crippen molar-refractivity contribution in [3.8, 4) is 5.75 Å². The Balaban J connectivity index is 2.30. The summed E-state index contributed by atoms with van der Waals surface area (Å²) in [6.07, 6.45) is -2.86. The Hall–Kier alpha value is -2.62. The van der Waals surface area contributed by atoms with Crippen molar-refractivity contribution < 1.29 is 37.0 Å². The predicted molar refractivity (Wildman–Crippen MR) is 88.1 cm³/mol. The number of benzene rings is 1. The zero-order chi connectivity index (χ0) is 19.5. The third kappa shape index (κ3) is 4.94. The van der Waals surface area contributed by atoms with E-state index in [4.69, 9.17) is 9.52 Å². The van der Waals surface area contributed by atoms with Gasteiger partial charge in [0, 0.05) is 5.56 Å². The van der Waals surface area contributed by atoms with Gasteiger partial charge in [0.05, 0.1) is 11.3 Å². The number of carbonyl (C=O) groups excluding carboxylic acids is 1. The Morgan fingerprint density at radius 1 is 1.31 bits per heavy atom. The highest BCUT2D eigenvalue weighted by atomic mass is 32.2. The summed E-state index contributed by atoms with van der Waals surface area (Å²) >= 11 is 1.29. The molecule has 2 aromatic rings. The summed E-state index contributed by atoms with van der Waals surface area (Å²) in [5.41, 5.74) is 0.163. The first kappa shape index (κ1) is 19.7. The molecule has 1 aromatic heterocycles. The van der Waals surface area contributed by atoms with E-state index in [-0.39, 0.29) is 17.0 Å². The van der Waals surface area contributed by atoms with Gasteiger partial charge in [-0.15, -0.1) is 0 Å². The van der Waals surface area contributed by atoms with E-state index in [0.717, 1.165) is 18.2 Å². The van der Waals surface area contributed by atoms with E-state index in [2.05, 4.69) is 10.1 Å². The van der Waals surface area contributed by atoms with Crippen LogP contribution in [0.3, 0.4) is 0 Å². The van der Waals surface area contributed by atoms with Crippen molar-refractivity contribution in [1.82, 2.24) is 0 Å². The van der Waals surface area contributed by atoms with Crippen LogP contribution < -0.4 is 10.1 Å². The summed E-state index contributed by atoms with van der Waals surface area (Å²) in [4.78, 5) is 23.3. The topological polar surface area (TPSA) is 88.8 Å². The summed E-state index contributed by atoms with van der Waals surface area (Å²) in [6, 6.07) is 4.85. The van der Waals surface area contributed by atoms with Gasteiger partial charge >= 0.3 is 12.1 Å². The number of hydrogen-bond donors (Lipinski definition) is 2. The minimum absolute atomic E-state index is 0.00145. The average molecular weight is 389 g/mol. The van der Waals surface area contributed by atoms with Crippen LogP contribution in [0.1, 0.15) is 26.5 Å². The second-order valence-corrected chi connectivity index (χ2v) is 5.97. The van der Waals surface area contributed by atoms with Gasteiger partial charge in [-0.25, -0.2) is 4.79 Å². The molecule has 1 aromatic carbocycles. The number of hydrogen-bond acceptors (Lipinski definition) is 5. The lowest BCUT2D eigenvalue weighted by Crippen LogP contribution is -2.20. The van der Waals surface area contributed by atoms with E-state index in [0.29, 0.717) is 10.7 Å². The Morgan fingerprint density at radius 3 is 2.54 bits per heavy atom. The van der Waals surface area contributed by atoms with Crippen LogP contribution in [0.5, 0.6) is 5.75 Å². The number of ether oxygens (including phenoxy) is 1. The first-order chi connectivity index (χ1) is 12.1. The number of amides is 1. The zero-order valence-electron chi connectivity index (χ0n) is 13.6. The molecule has 0 unspecified atom stereocenters. The summed E-state index contributed by atoms with van der Waals surface area (Å²) < 4.78 is 47.2. The molecule has 0 aliphatic carbocycles. The smallest absolute Gasteiger partial charge is 0.422 e. The monoisotopic (exact) mass is 389 g/mol. The van der Waals surface area contributed by atoms with Crippen LogP contribution in [0, 0.1) is 6.92 Å². The Bertz CT molecular complexity index is 832. The van der Waals surface area contributed by atoms with Crippen molar-refractivity contribution in [3.05, 3.63) is 41.2 Å². The summed E-state index contributed by atoms with van der Waals surface area (Å²) in [7, 11) is 0. The second-order valence-electron chi connectivity index (χ2n) is 5.16. The first-order valence-electron chi connectivity index (χ1n) is 7.13. The number of carbonyl (C=O) groups is 2. The maximum Gasteiger partial charge on any atom is 0.422 e. The SMILES string of the molecule is CSc1cc(C)c(C(=O)Nc2ccc(C(=O)O)cc2OCC(F)(F)F)o1. The van der Waals surface area contributed by atoms with E-state index < -0.39 is 30.4 Å². The molecule has 0 atom stereocenters. The molecule has 10 heteroatoms. The van der Waals surface area contributed by atoms with Crippen molar-refractivity contribution in [2.24, 2.45) is 0 Å². The predicted octanol–water partition coefficient (Wildman–Crippen LogP) is 4.20. The van der Waals surface area contributed by atoms with Crippen molar-refractivity contribution in [3.63, 3.8) is 0 Å². The van der Waals surface area contributed by atoms with Crippen molar-refractivity contribution >= 4 is 29.3 Å². The van der Waals surface area contributed by atoms with Gasteiger partial charge in [-0.1, -0.05) is 11.8 Å². The van der Waals surface area contributed by atoms with E-state index >= 15 is 0 Å². The number of alkyl halides is 3. The third-order valence-corrected chi connectivity index (χ3v) is 3.77. The molecule has 0 radical (unpaired) electrons. The Kier molecular flexibility index (Phi) is 5.86. The standard InChI is InChI=1S/C16H14F3NO5S/c1-8-5-12(26-2)25-13(8)14(21)20-10-4-3-9(15(22)23)6-11(10)24-7-16(17,18)19/h3-6H,7H2,1-2H3,(H,20,21)(H,22,23). The molecule has 2 rings (SSSR count). The molecule has 1 heterocycles. The lowest BCUT2D eigenvalue weighted by Gasteiger charge is -2.14. The maximum atomic E-state index is 12.4. The zero-order valence-corrected chi connectivity index (χ0v) is 14.5.